The second kappa shape index (κ2) is 23.6. The minimum Gasteiger partial charge on any atom is -1.00 e. The molecule has 4 nitrogen and oxygen atoms in total. The highest BCUT2D eigenvalue weighted by Gasteiger charge is 2.49. The van der Waals surface area contributed by atoms with E-state index in [0.717, 1.165) is 58.0 Å². The molecular weight excluding hydrogens is 1030 g/mol. The lowest BCUT2D eigenvalue weighted by Crippen LogP contribution is -3.00. The summed E-state index contributed by atoms with van der Waals surface area (Å²) in [4.78, 5) is 0. The largest absolute Gasteiger partial charge is 1.00 e. The van der Waals surface area contributed by atoms with Crippen molar-refractivity contribution in [2.24, 2.45) is 11.8 Å². The Labute approximate surface area is 403 Å². The van der Waals surface area contributed by atoms with Crippen LogP contribution in [0.25, 0.3) is 0 Å². The van der Waals surface area contributed by atoms with Crippen LogP contribution in [0.3, 0.4) is 0 Å². The first-order valence-electron chi connectivity index (χ1n) is 22.2. The van der Waals surface area contributed by atoms with Gasteiger partial charge in [-0.2, -0.15) is 0 Å². The summed E-state index contributed by atoms with van der Waals surface area (Å²) in [6, 6.07) is 66.0. The summed E-state index contributed by atoms with van der Waals surface area (Å²) >= 11 is 2.48. The van der Waals surface area contributed by atoms with Gasteiger partial charge in [0.15, 0.2) is 11.6 Å². The van der Waals surface area contributed by atoms with Crippen molar-refractivity contribution in [2.75, 3.05) is 37.0 Å². The second-order valence-electron chi connectivity index (χ2n) is 16.6. The first kappa shape index (κ1) is 47.4. The van der Waals surface area contributed by atoms with Gasteiger partial charge in [-0.25, -0.2) is 0 Å². The van der Waals surface area contributed by atoms with Crippen LogP contribution >= 0.6 is 37.8 Å². The molecule has 10 rings (SSSR count). The lowest BCUT2D eigenvalue weighted by Gasteiger charge is -2.38. The summed E-state index contributed by atoms with van der Waals surface area (Å²) in [6.45, 7) is 3.10. The summed E-state index contributed by atoms with van der Waals surface area (Å²) in [5.74, 6) is 1.15. The van der Waals surface area contributed by atoms with Crippen LogP contribution in [0.2, 0.25) is 0 Å². The van der Waals surface area contributed by atoms with Gasteiger partial charge in [-0.1, -0.05) is 168 Å². The molecule has 0 radical (unpaired) electrons. The monoisotopic (exact) mass is 1090 g/mol. The van der Waals surface area contributed by atoms with E-state index in [2.05, 4.69) is 205 Å². The third-order valence-corrected chi connectivity index (χ3v) is 21.0. The minimum atomic E-state index is -1.75. The fraction of sp³-hybridized carbons (Fsp3) is 0.333. The van der Waals surface area contributed by atoms with Gasteiger partial charge in [0.2, 0.25) is 0 Å². The van der Waals surface area contributed by atoms with E-state index in [4.69, 9.17) is 18.9 Å². The number of hydrogen-bond donors (Lipinski definition) is 0. The molecule has 0 amide bonds. The van der Waals surface area contributed by atoms with Gasteiger partial charge in [0, 0.05) is 30.1 Å². The molecule has 2 aliphatic carbocycles. The van der Waals surface area contributed by atoms with Crippen molar-refractivity contribution in [1.82, 2.24) is 0 Å². The molecule has 0 atom stereocenters. The van der Waals surface area contributed by atoms with Gasteiger partial charge in [0.1, 0.15) is 23.2 Å². The van der Waals surface area contributed by atoms with Crippen LogP contribution < -0.4 is 55.8 Å². The van der Waals surface area contributed by atoms with Gasteiger partial charge in [0.25, 0.3) is 0 Å². The quantitative estimate of drug-likeness (QED) is 0.0846. The van der Waals surface area contributed by atoms with Crippen molar-refractivity contribution in [2.45, 2.75) is 62.9 Å². The molecular formula is C54H60I2O4P2. The second-order valence-corrected chi connectivity index (χ2v) is 23.2. The van der Waals surface area contributed by atoms with Gasteiger partial charge < -0.3 is 42.9 Å². The van der Waals surface area contributed by atoms with Gasteiger partial charge >= 0.3 is 0 Å². The zero-order chi connectivity index (χ0) is 41.6. The Hall–Kier alpha value is -2.52. The molecule has 6 aromatic rings. The summed E-state index contributed by atoms with van der Waals surface area (Å²) in [7, 11) is -2.19. The van der Waals surface area contributed by atoms with E-state index in [0.29, 0.717) is 5.92 Å². The molecule has 2 saturated heterocycles. The van der Waals surface area contributed by atoms with E-state index >= 15 is 0 Å². The van der Waals surface area contributed by atoms with Crippen molar-refractivity contribution in [3.63, 3.8) is 0 Å². The maximum atomic E-state index is 6.00. The highest BCUT2D eigenvalue weighted by Crippen LogP contribution is 2.58. The fourth-order valence-corrected chi connectivity index (χ4v) is 17.4. The highest BCUT2D eigenvalue weighted by molar-refractivity contribution is 14.1. The summed E-state index contributed by atoms with van der Waals surface area (Å²) in [6.07, 6.45) is 10.4. The van der Waals surface area contributed by atoms with E-state index in [1.54, 1.807) is 0 Å². The van der Waals surface area contributed by atoms with E-state index in [-0.39, 0.29) is 35.6 Å². The Morgan fingerprint density at radius 2 is 0.694 bits per heavy atom. The summed E-state index contributed by atoms with van der Waals surface area (Å²) in [5, 5.41) is 8.64. The molecule has 6 aromatic carbocycles. The zero-order valence-electron chi connectivity index (χ0n) is 35.7. The van der Waals surface area contributed by atoms with Crippen LogP contribution in [0.5, 0.6) is 0 Å². The molecule has 0 bridgehead atoms. The molecule has 62 heavy (non-hydrogen) atoms. The molecule has 2 aliphatic heterocycles. The molecule has 324 valence electrons. The van der Waals surface area contributed by atoms with Crippen molar-refractivity contribution >= 4 is 69.6 Å². The molecule has 4 fully saturated rings. The van der Waals surface area contributed by atoms with Gasteiger partial charge in [-0.15, -0.1) is 0 Å². The number of ether oxygens (including phenoxy) is 4. The third-order valence-electron chi connectivity index (χ3n) is 12.7. The smallest absolute Gasteiger partial charge is 0.168 e. The Kier molecular flexibility index (Phi) is 18.1. The Morgan fingerprint density at radius 3 is 0.984 bits per heavy atom. The van der Waals surface area contributed by atoms with Gasteiger partial charge in [-0.3, -0.25) is 0 Å². The predicted octanol–water partition coefficient (Wildman–Crippen LogP) is 7.72. The molecule has 4 aliphatic rings. The van der Waals surface area contributed by atoms with E-state index in [1.807, 2.05) is 0 Å². The van der Waals surface area contributed by atoms with Crippen LogP contribution in [0.15, 0.2) is 182 Å². The maximum Gasteiger partial charge on any atom is 0.168 e. The number of hydrogen-bond acceptors (Lipinski definition) is 4. The standard InChI is InChI=1S/C27H30O2P.C18H15P.C9H15IO2.HI/c1-4-10-24(11-5-1)30(25-12-6-2-7-13-25,26-14-8-3-9-15-26)22-23-16-18-27(19-17-23)28-20-21-29-27;1-4-10-16(11-5-1)19(17-12-6-2-7-13-17)18-14-8-3-9-15-18;10-7-8-1-3-9(4-2-8)11-5-6-12-9;/h1-15,23H,16-22H2;1-15H;8H,1-7H2;1H/q+1;;;/p-1. The van der Waals surface area contributed by atoms with Crippen molar-refractivity contribution in [3.8, 4) is 0 Å². The van der Waals surface area contributed by atoms with E-state index in [9.17, 15) is 0 Å². The van der Waals surface area contributed by atoms with Crippen molar-refractivity contribution in [1.29, 1.82) is 0 Å². The number of benzene rings is 6. The van der Waals surface area contributed by atoms with Crippen LogP contribution in [0.1, 0.15) is 51.4 Å². The maximum absolute atomic E-state index is 6.00. The Balaban J connectivity index is 0.000000154. The van der Waals surface area contributed by atoms with Crippen molar-refractivity contribution < 1.29 is 42.9 Å². The molecule has 8 heteroatoms. The van der Waals surface area contributed by atoms with Crippen LogP contribution in [0, 0.1) is 11.8 Å². The van der Waals surface area contributed by atoms with E-state index < -0.39 is 15.2 Å². The van der Waals surface area contributed by atoms with Crippen molar-refractivity contribution in [3.05, 3.63) is 182 Å². The zero-order valence-corrected chi connectivity index (χ0v) is 41.8. The highest BCUT2D eigenvalue weighted by atomic mass is 127. The number of alkyl halides is 1. The molecule has 0 unspecified atom stereocenters. The Bertz CT molecular complexity index is 1950. The SMILES string of the molecule is ICC1CCC2(CC1)OCCO2.[I-].c1ccc(P(c2ccccc2)c2ccccc2)cc1.c1ccc([P+](CC2CCC3(CC2)OCCO3)(c2ccccc2)c2ccccc2)cc1. The van der Waals surface area contributed by atoms with Crippen LogP contribution in [-0.2, 0) is 18.9 Å². The first-order valence-corrected chi connectivity index (χ1v) is 27.1. The molecule has 2 heterocycles. The fourth-order valence-electron chi connectivity index (χ4n) is 9.52. The topological polar surface area (TPSA) is 36.9 Å². The molecule has 0 aromatic heterocycles. The molecule has 2 saturated carbocycles. The normalized spacial score (nSPS) is 19.2. The van der Waals surface area contributed by atoms with Crippen LogP contribution in [-0.4, -0.2) is 48.6 Å². The average Bonchev–Trinajstić information content (AvgIpc) is 4.01. The first-order chi connectivity index (χ1) is 30.1. The predicted molar refractivity (Wildman–Crippen MR) is 267 cm³/mol. The third kappa shape index (κ3) is 11.8. The lowest BCUT2D eigenvalue weighted by molar-refractivity contribution is -0.181. The van der Waals surface area contributed by atoms with Crippen LogP contribution in [0.4, 0.5) is 0 Å². The minimum absolute atomic E-state index is 0. The number of halogens is 2. The molecule has 2 spiro atoms. The van der Waals surface area contributed by atoms with E-state index in [1.165, 1.54) is 68.1 Å². The lowest BCUT2D eigenvalue weighted by atomic mass is 9.86. The number of rotatable bonds is 9. The summed E-state index contributed by atoms with van der Waals surface area (Å²) in [5.41, 5.74) is 0. The molecule has 0 N–H and O–H groups in total. The van der Waals surface area contributed by atoms with Gasteiger partial charge in [0.05, 0.1) is 32.6 Å². The average molecular weight is 1090 g/mol. The summed E-state index contributed by atoms with van der Waals surface area (Å²) < 4.78 is 24.6. The van der Waals surface area contributed by atoms with Gasteiger partial charge in [-0.05, 0) is 97.8 Å². The Morgan fingerprint density at radius 1 is 0.419 bits per heavy atom.